The molecule has 0 saturated carbocycles. The molecule has 1 aliphatic carbocycles. The van der Waals surface area contributed by atoms with Gasteiger partial charge in [0.15, 0.2) is 0 Å². The lowest BCUT2D eigenvalue weighted by molar-refractivity contribution is -0.149. The maximum absolute atomic E-state index is 11.7. The Bertz CT molecular complexity index is 1150. The molecule has 0 fully saturated rings. The van der Waals surface area contributed by atoms with Crippen LogP contribution in [0.1, 0.15) is 76.6 Å². The summed E-state index contributed by atoms with van der Waals surface area (Å²) in [5.74, 6) is -0.271. The summed E-state index contributed by atoms with van der Waals surface area (Å²) in [7, 11) is 0. The third-order valence-corrected chi connectivity index (χ3v) is 6.50. The smallest absolute Gasteiger partial charge is 0.308 e. The Labute approximate surface area is 222 Å². The van der Waals surface area contributed by atoms with E-state index in [4.69, 9.17) is 9.47 Å². The SMILES string of the molecule is CC(C)C(=O)OCC1c2ccccc2-c2ccccc21.CC(C)C(=O)OCc1ccc(C(C)(C)C)cc1. The van der Waals surface area contributed by atoms with Crippen LogP contribution in [0.15, 0.2) is 72.8 Å². The van der Waals surface area contributed by atoms with E-state index < -0.39 is 0 Å². The summed E-state index contributed by atoms with van der Waals surface area (Å²) in [6.07, 6.45) is 0. The van der Waals surface area contributed by atoms with Gasteiger partial charge in [0.2, 0.25) is 0 Å². The van der Waals surface area contributed by atoms with Gasteiger partial charge in [0.05, 0.1) is 11.8 Å². The standard InChI is InChI=1S/C18H18O2.C15H22O2/c1-12(2)18(19)20-11-17-15-9-5-3-7-13(15)14-8-4-6-10-16(14)17;1-11(2)14(16)17-10-12-6-8-13(9-7-12)15(3,4)5/h3-10,12,17H,11H2,1-2H3;6-9,11H,10H2,1-5H3. The molecule has 4 heteroatoms. The van der Waals surface area contributed by atoms with Crippen molar-refractivity contribution in [3.8, 4) is 11.1 Å². The Hall–Kier alpha value is -3.40. The van der Waals surface area contributed by atoms with Crippen LogP contribution in [-0.2, 0) is 31.1 Å². The van der Waals surface area contributed by atoms with Crippen molar-refractivity contribution in [1.29, 1.82) is 0 Å². The van der Waals surface area contributed by atoms with Gasteiger partial charge in [-0.1, -0.05) is 121 Å². The summed E-state index contributed by atoms with van der Waals surface area (Å²) in [5, 5.41) is 0. The molecule has 3 aromatic carbocycles. The van der Waals surface area contributed by atoms with Crippen LogP contribution in [0.25, 0.3) is 11.1 Å². The number of rotatable bonds is 6. The topological polar surface area (TPSA) is 52.6 Å². The van der Waals surface area contributed by atoms with E-state index in [9.17, 15) is 9.59 Å². The molecule has 0 spiro atoms. The lowest BCUT2D eigenvalue weighted by Crippen LogP contribution is -2.16. The largest absolute Gasteiger partial charge is 0.464 e. The molecule has 196 valence electrons. The summed E-state index contributed by atoms with van der Waals surface area (Å²) in [5.41, 5.74) is 7.51. The fourth-order valence-corrected chi connectivity index (χ4v) is 4.19. The van der Waals surface area contributed by atoms with Crippen LogP contribution in [-0.4, -0.2) is 18.5 Å². The van der Waals surface area contributed by atoms with Gasteiger partial charge in [-0.2, -0.15) is 0 Å². The molecule has 0 amide bonds. The maximum Gasteiger partial charge on any atom is 0.308 e. The van der Waals surface area contributed by atoms with Crippen LogP contribution in [0.5, 0.6) is 0 Å². The number of hydrogen-bond acceptors (Lipinski definition) is 4. The Morgan fingerprint density at radius 3 is 1.62 bits per heavy atom. The van der Waals surface area contributed by atoms with Crippen molar-refractivity contribution >= 4 is 11.9 Å². The van der Waals surface area contributed by atoms with E-state index in [1.54, 1.807) is 0 Å². The third-order valence-electron chi connectivity index (χ3n) is 6.50. The van der Waals surface area contributed by atoms with Crippen molar-refractivity contribution in [2.24, 2.45) is 11.8 Å². The predicted octanol–water partition coefficient (Wildman–Crippen LogP) is 7.68. The van der Waals surface area contributed by atoms with Crippen molar-refractivity contribution in [2.75, 3.05) is 6.61 Å². The van der Waals surface area contributed by atoms with Crippen LogP contribution in [0.3, 0.4) is 0 Å². The molecule has 37 heavy (non-hydrogen) atoms. The first-order valence-electron chi connectivity index (χ1n) is 13.1. The minimum atomic E-state index is -0.148. The Morgan fingerprint density at radius 2 is 1.16 bits per heavy atom. The summed E-state index contributed by atoms with van der Waals surface area (Å²) in [6, 6.07) is 25.0. The number of hydrogen-bond donors (Lipinski definition) is 0. The summed E-state index contributed by atoms with van der Waals surface area (Å²) in [4.78, 5) is 23.0. The van der Waals surface area contributed by atoms with E-state index in [0.717, 1.165) is 5.56 Å². The van der Waals surface area contributed by atoms with Crippen molar-refractivity contribution in [1.82, 2.24) is 0 Å². The molecule has 0 N–H and O–H groups in total. The maximum atomic E-state index is 11.7. The molecule has 0 radical (unpaired) electrons. The van der Waals surface area contributed by atoms with Gasteiger partial charge >= 0.3 is 11.9 Å². The average molecular weight is 501 g/mol. The quantitative estimate of drug-likeness (QED) is 0.326. The normalized spacial score (nSPS) is 12.5. The van der Waals surface area contributed by atoms with Crippen LogP contribution in [0.4, 0.5) is 0 Å². The summed E-state index contributed by atoms with van der Waals surface area (Å²) >= 11 is 0. The zero-order valence-corrected chi connectivity index (χ0v) is 23.2. The second kappa shape index (κ2) is 12.2. The van der Waals surface area contributed by atoms with Gasteiger partial charge in [0.1, 0.15) is 13.2 Å². The lowest BCUT2D eigenvalue weighted by atomic mass is 9.87. The molecular formula is C33H40O4. The number of ether oxygens (including phenoxy) is 2. The fourth-order valence-electron chi connectivity index (χ4n) is 4.19. The lowest BCUT2D eigenvalue weighted by Gasteiger charge is -2.19. The number of esters is 2. The molecule has 0 aromatic heterocycles. The monoisotopic (exact) mass is 500 g/mol. The van der Waals surface area contributed by atoms with Gasteiger partial charge in [-0.05, 0) is 38.8 Å². The summed E-state index contributed by atoms with van der Waals surface area (Å²) < 4.78 is 10.6. The second-order valence-electron chi connectivity index (χ2n) is 11.2. The van der Waals surface area contributed by atoms with E-state index in [1.807, 2.05) is 52.0 Å². The van der Waals surface area contributed by atoms with Gasteiger partial charge in [-0.3, -0.25) is 9.59 Å². The molecule has 0 saturated heterocycles. The second-order valence-corrected chi connectivity index (χ2v) is 11.2. The number of benzene rings is 3. The van der Waals surface area contributed by atoms with Crippen LogP contribution in [0, 0.1) is 11.8 Å². The van der Waals surface area contributed by atoms with E-state index in [1.165, 1.54) is 27.8 Å². The molecular weight excluding hydrogens is 460 g/mol. The first-order valence-corrected chi connectivity index (χ1v) is 13.1. The highest BCUT2D eigenvalue weighted by atomic mass is 16.5. The minimum absolute atomic E-state index is 0.0659. The first kappa shape index (κ1) is 28.2. The van der Waals surface area contributed by atoms with E-state index >= 15 is 0 Å². The number of carbonyl (C=O) groups is 2. The zero-order chi connectivity index (χ0) is 27.2. The number of carbonyl (C=O) groups excluding carboxylic acids is 2. The predicted molar refractivity (Wildman–Crippen MR) is 149 cm³/mol. The fraction of sp³-hybridized carbons (Fsp3) is 0.394. The number of fused-ring (bicyclic) bond motifs is 3. The van der Waals surface area contributed by atoms with Crippen molar-refractivity contribution in [2.45, 2.75) is 66.4 Å². The zero-order valence-electron chi connectivity index (χ0n) is 23.2. The van der Waals surface area contributed by atoms with Crippen molar-refractivity contribution in [3.63, 3.8) is 0 Å². The Balaban J connectivity index is 0.000000209. The molecule has 4 rings (SSSR count). The van der Waals surface area contributed by atoms with Crippen LogP contribution >= 0.6 is 0 Å². The summed E-state index contributed by atoms with van der Waals surface area (Å²) in [6.45, 7) is 14.7. The minimum Gasteiger partial charge on any atom is -0.464 e. The van der Waals surface area contributed by atoms with Gasteiger partial charge in [-0.15, -0.1) is 0 Å². The van der Waals surface area contributed by atoms with Gasteiger partial charge in [0, 0.05) is 5.92 Å². The van der Waals surface area contributed by atoms with E-state index in [0.29, 0.717) is 13.2 Å². The average Bonchev–Trinajstić information content (AvgIpc) is 3.19. The van der Waals surface area contributed by atoms with Crippen molar-refractivity contribution < 1.29 is 19.1 Å². The molecule has 0 aliphatic heterocycles. The molecule has 1 aliphatic rings. The van der Waals surface area contributed by atoms with Crippen LogP contribution < -0.4 is 0 Å². The highest BCUT2D eigenvalue weighted by molar-refractivity contribution is 5.79. The molecule has 3 aromatic rings. The van der Waals surface area contributed by atoms with Gasteiger partial charge < -0.3 is 9.47 Å². The molecule has 0 bridgehead atoms. The Kier molecular flexibility index (Phi) is 9.31. The van der Waals surface area contributed by atoms with Gasteiger partial charge in [0.25, 0.3) is 0 Å². The highest BCUT2D eigenvalue weighted by Gasteiger charge is 2.29. The van der Waals surface area contributed by atoms with Crippen molar-refractivity contribution in [3.05, 3.63) is 95.1 Å². The third kappa shape index (κ3) is 7.31. The highest BCUT2D eigenvalue weighted by Crippen LogP contribution is 2.44. The molecule has 4 nitrogen and oxygen atoms in total. The molecule has 0 unspecified atom stereocenters. The van der Waals surface area contributed by atoms with Gasteiger partial charge in [-0.25, -0.2) is 0 Å². The molecule has 0 atom stereocenters. The van der Waals surface area contributed by atoms with Crippen LogP contribution in [0.2, 0.25) is 0 Å². The first-order chi connectivity index (χ1) is 17.5. The van der Waals surface area contributed by atoms with E-state index in [-0.39, 0.29) is 35.1 Å². The van der Waals surface area contributed by atoms with E-state index in [2.05, 4.69) is 69.3 Å². The Morgan fingerprint density at radius 1 is 0.703 bits per heavy atom. The molecule has 0 heterocycles.